The predicted octanol–water partition coefficient (Wildman–Crippen LogP) is 3.43. The molecule has 1 fully saturated rings. The van der Waals surface area contributed by atoms with Crippen molar-refractivity contribution in [2.75, 3.05) is 32.8 Å². The number of benzene rings is 2. The number of hydrogen-bond acceptors (Lipinski definition) is 5. The molecule has 1 amide bonds. The SMILES string of the molecule is CC(=O)CCc1ccc(OCC(=O)N2CCN(S(=O)(=O)c3cccc(Cl)c3Cl)CC2)cc1. The molecule has 0 bridgehead atoms. The van der Waals surface area contributed by atoms with Crippen molar-refractivity contribution in [2.45, 2.75) is 24.7 Å². The van der Waals surface area contributed by atoms with Gasteiger partial charge in [0.05, 0.1) is 10.0 Å². The molecule has 0 atom stereocenters. The zero-order valence-corrected chi connectivity index (χ0v) is 19.9. The molecule has 2 aromatic rings. The first-order valence-corrected chi connectivity index (χ1v) is 12.3. The fourth-order valence-electron chi connectivity index (χ4n) is 3.31. The van der Waals surface area contributed by atoms with Crippen LogP contribution in [0.3, 0.4) is 0 Å². The van der Waals surface area contributed by atoms with Gasteiger partial charge in [-0.05, 0) is 43.2 Å². The molecule has 1 saturated heterocycles. The lowest BCUT2D eigenvalue weighted by molar-refractivity contribution is -0.134. The van der Waals surface area contributed by atoms with Gasteiger partial charge in [-0.2, -0.15) is 4.31 Å². The van der Waals surface area contributed by atoms with Crippen LogP contribution in [-0.4, -0.2) is 62.1 Å². The fraction of sp³-hybridized carbons (Fsp3) is 0.364. The van der Waals surface area contributed by atoms with Crippen LogP contribution in [0, 0.1) is 0 Å². The van der Waals surface area contributed by atoms with Gasteiger partial charge in [-0.15, -0.1) is 0 Å². The van der Waals surface area contributed by atoms with Gasteiger partial charge in [0.1, 0.15) is 16.4 Å². The van der Waals surface area contributed by atoms with Crippen molar-refractivity contribution < 1.29 is 22.7 Å². The minimum atomic E-state index is -3.81. The van der Waals surface area contributed by atoms with E-state index in [2.05, 4.69) is 0 Å². The van der Waals surface area contributed by atoms with E-state index >= 15 is 0 Å². The Balaban J connectivity index is 1.51. The summed E-state index contributed by atoms with van der Waals surface area (Å²) in [6.45, 7) is 2.24. The number of aryl methyl sites for hydroxylation is 1. The van der Waals surface area contributed by atoms with Gasteiger partial charge in [0, 0.05) is 32.6 Å². The number of nitrogens with zero attached hydrogens (tertiary/aromatic N) is 2. The highest BCUT2D eigenvalue weighted by molar-refractivity contribution is 7.89. The number of amides is 1. The molecule has 0 unspecified atom stereocenters. The number of carbonyl (C=O) groups is 2. The second-order valence-corrected chi connectivity index (χ2v) is 10.2. The number of hydrogen-bond donors (Lipinski definition) is 0. The summed E-state index contributed by atoms with van der Waals surface area (Å²) in [5.41, 5.74) is 1.02. The summed E-state index contributed by atoms with van der Waals surface area (Å²) in [6.07, 6.45) is 1.16. The molecule has 10 heteroatoms. The summed E-state index contributed by atoms with van der Waals surface area (Å²) in [7, 11) is -3.81. The number of piperazine rings is 1. The molecule has 0 radical (unpaired) electrons. The van der Waals surface area contributed by atoms with Crippen LogP contribution in [0.4, 0.5) is 0 Å². The molecule has 0 spiro atoms. The van der Waals surface area contributed by atoms with E-state index in [-0.39, 0.29) is 59.4 Å². The Labute approximate surface area is 197 Å². The van der Waals surface area contributed by atoms with Crippen molar-refractivity contribution in [2.24, 2.45) is 0 Å². The third-order valence-electron chi connectivity index (χ3n) is 5.18. The van der Waals surface area contributed by atoms with Crippen LogP contribution < -0.4 is 4.74 Å². The lowest BCUT2D eigenvalue weighted by Crippen LogP contribution is -2.51. The molecule has 1 aliphatic rings. The van der Waals surface area contributed by atoms with Crippen LogP contribution in [0.2, 0.25) is 10.0 Å². The number of Topliss-reactive ketones (excluding diaryl/α,β-unsaturated/α-hetero) is 1. The van der Waals surface area contributed by atoms with E-state index in [9.17, 15) is 18.0 Å². The van der Waals surface area contributed by atoms with Crippen molar-refractivity contribution >= 4 is 44.9 Å². The van der Waals surface area contributed by atoms with Crippen molar-refractivity contribution in [1.82, 2.24) is 9.21 Å². The largest absolute Gasteiger partial charge is 0.484 e. The highest BCUT2D eigenvalue weighted by Gasteiger charge is 2.32. The zero-order chi connectivity index (χ0) is 23.3. The molecule has 2 aromatic carbocycles. The maximum absolute atomic E-state index is 12.9. The van der Waals surface area contributed by atoms with E-state index in [0.717, 1.165) is 5.56 Å². The number of rotatable bonds is 8. The maximum atomic E-state index is 12.9. The summed E-state index contributed by atoms with van der Waals surface area (Å²) >= 11 is 12.0. The van der Waals surface area contributed by atoms with Crippen LogP contribution in [0.15, 0.2) is 47.4 Å². The molecule has 0 aromatic heterocycles. The Kier molecular flexibility index (Phi) is 8.16. The summed E-state index contributed by atoms with van der Waals surface area (Å²) in [4.78, 5) is 25.1. The Morgan fingerprint density at radius 2 is 1.66 bits per heavy atom. The van der Waals surface area contributed by atoms with Gasteiger partial charge in [-0.3, -0.25) is 4.79 Å². The van der Waals surface area contributed by atoms with Gasteiger partial charge in [-0.1, -0.05) is 41.4 Å². The highest BCUT2D eigenvalue weighted by atomic mass is 35.5. The highest BCUT2D eigenvalue weighted by Crippen LogP contribution is 2.31. The Hall–Kier alpha value is -2.13. The Morgan fingerprint density at radius 3 is 2.28 bits per heavy atom. The first kappa shape index (κ1) is 24.5. The van der Waals surface area contributed by atoms with Gasteiger partial charge in [0.15, 0.2) is 6.61 Å². The fourth-order valence-corrected chi connectivity index (χ4v) is 5.47. The molecule has 0 saturated carbocycles. The average molecular weight is 499 g/mol. The molecule has 3 rings (SSSR count). The lowest BCUT2D eigenvalue weighted by Gasteiger charge is -2.34. The van der Waals surface area contributed by atoms with E-state index in [1.807, 2.05) is 12.1 Å². The Bertz CT molecular complexity index is 1080. The van der Waals surface area contributed by atoms with Crippen molar-refractivity contribution in [3.63, 3.8) is 0 Å². The van der Waals surface area contributed by atoms with E-state index < -0.39 is 10.0 Å². The predicted molar refractivity (Wildman–Crippen MR) is 123 cm³/mol. The van der Waals surface area contributed by atoms with E-state index in [1.165, 1.54) is 22.5 Å². The summed E-state index contributed by atoms with van der Waals surface area (Å²) in [5.74, 6) is 0.477. The van der Waals surface area contributed by atoms with E-state index in [1.54, 1.807) is 24.0 Å². The van der Waals surface area contributed by atoms with Gasteiger partial charge in [-0.25, -0.2) is 8.42 Å². The molecule has 0 aliphatic carbocycles. The van der Waals surface area contributed by atoms with Crippen molar-refractivity contribution in [3.8, 4) is 5.75 Å². The first-order valence-electron chi connectivity index (χ1n) is 10.1. The van der Waals surface area contributed by atoms with E-state index in [0.29, 0.717) is 18.6 Å². The number of halogens is 2. The quantitative estimate of drug-likeness (QED) is 0.556. The molecule has 1 heterocycles. The standard InChI is InChI=1S/C22H24Cl2N2O5S/c1-16(27)5-6-17-7-9-18(10-8-17)31-15-21(28)25-11-13-26(14-12-25)32(29,30)20-4-2-3-19(23)22(20)24/h2-4,7-10H,5-6,11-15H2,1H3. The molecule has 0 N–H and O–H groups in total. The Morgan fingerprint density at radius 1 is 1.00 bits per heavy atom. The second-order valence-electron chi connectivity index (χ2n) is 7.47. The van der Waals surface area contributed by atoms with Crippen LogP contribution in [-0.2, 0) is 26.0 Å². The summed E-state index contributed by atoms with van der Waals surface area (Å²) in [6, 6.07) is 11.7. The molecular weight excluding hydrogens is 475 g/mol. The molecule has 32 heavy (non-hydrogen) atoms. The number of ketones is 1. The average Bonchev–Trinajstić information content (AvgIpc) is 2.78. The minimum Gasteiger partial charge on any atom is -0.484 e. The molecule has 172 valence electrons. The smallest absolute Gasteiger partial charge is 0.260 e. The topological polar surface area (TPSA) is 84.0 Å². The zero-order valence-electron chi connectivity index (χ0n) is 17.6. The van der Waals surface area contributed by atoms with Gasteiger partial charge in [0.2, 0.25) is 10.0 Å². The monoisotopic (exact) mass is 498 g/mol. The number of sulfonamides is 1. The lowest BCUT2D eigenvalue weighted by atomic mass is 10.1. The minimum absolute atomic E-state index is 0.00613. The van der Waals surface area contributed by atoms with Gasteiger partial charge in [0.25, 0.3) is 5.91 Å². The number of carbonyl (C=O) groups excluding carboxylic acids is 2. The molecule has 1 aliphatic heterocycles. The van der Waals surface area contributed by atoms with Crippen molar-refractivity contribution in [1.29, 1.82) is 0 Å². The van der Waals surface area contributed by atoms with Crippen molar-refractivity contribution in [3.05, 3.63) is 58.1 Å². The summed E-state index contributed by atoms with van der Waals surface area (Å²) in [5, 5.41) is 0.166. The normalized spacial score (nSPS) is 14.9. The molecular formula is C22H24Cl2N2O5S. The third-order valence-corrected chi connectivity index (χ3v) is 8.05. The third kappa shape index (κ3) is 6.01. The maximum Gasteiger partial charge on any atom is 0.260 e. The van der Waals surface area contributed by atoms with Gasteiger partial charge < -0.3 is 14.4 Å². The molecule has 7 nitrogen and oxygen atoms in total. The first-order chi connectivity index (χ1) is 15.2. The number of ether oxygens (including phenoxy) is 1. The van der Waals surface area contributed by atoms with E-state index in [4.69, 9.17) is 27.9 Å². The van der Waals surface area contributed by atoms with Crippen LogP contribution in [0.5, 0.6) is 5.75 Å². The van der Waals surface area contributed by atoms with Crippen LogP contribution >= 0.6 is 23.2 Å². The second kappa shape index (κ2) is 10.7. The van der Waals surface area contributed by atoms with Gasteiger partial charge >= 0.3 is 0 Å². The van der Waals surface area contributed by atoms with Crippen LogP contribution in [0.1, 0.15) is 18.9 Å². The van der Waals surface area contributed by atoms with Crippen LogP contribution in [0.25, 0.3) is 0 Å². The summed E-state index contributed by atoms with van der Waals surface area (Å²) < 4.78 is 32.7.